The Kier molecular flexibility index (Phi) is 6.91. The van der Waals surface area contributed by atoms with E-state index < -0.39 is 0 Å². The fourth-order valence-electron chi connectivity index (χ4n) is 3.91. The highest BCUT2D eigenvalue weighted by Gasteiger charge is 2.20. The van der Waals surface area contributed by atoms with Crippen molar-refractivity contribution in [3.05, 3.63) is 63.4 Å². The van der Waals surface area contributed by atoms with E-state index in [1.165, 1.54) is 0 Å². The second kappa shape index (κ2) is 10.1. The molecule has 2 aromatic heterocycles. The van der Waals surface area contributed by atoms with E-state index in [1.54, 1.807) is 23.1 Å². The number of aryl methyl sites for hydroxylation is 2. The largest absolute Gasteiger partial charge is 0.483 e. The highest BCUT2D eigenvalue weighted by Crippen LogP contribution is 2.37. The number of hydrogen-bond donors (Lipinski definition) is 0. The lowest BCUT2D eigenvalue weighted by Crippen LogP contribution is -2.12. The highest BCUT2D eigenvalue weighted by atomic mass is 35.5. The SMILES string of the molecule is CCn1c(SCc2csc(-c3ccc4c(c3)OCO4)n2)nnc1C(C)Oc1cc(C)c(Cl)c(C)c1. The minimum absolute atomic E-state index is 0.256. The van der Waals surface area contributed by atoms with Crippen LogP contribution in [0.25, 0.3) is 10.6 Å². The van der Waals surface area contributed by atoms with Gasteiger partial charge in [-0.1, -0.05) is 23.4 Å². The van der Waals surface area contributed by atoms with Crippen LogP contribution in [0.5, 0.6) is 17.2 Å². The number of aromatic nitrogens is 4. The smallest absolute Gasteiger partial charge is 0.231 e. The fraction of sp³-hybridized carbons (Fsp3) is 0.320. The van der Waals surface area contributed by atoms with Crippen LogP contribution in [-0.4, -0.2) is 26.5 Å². The average molecular weight is 529 g/mol. The highest BCUT2D eigenvalue weighted by molar-refractivity contribution is 7.98. The van der Waals surface area contributed by atoms with Crippen molar-refractivity contribution in [2.45, 2.75) is 51.3 Å². The van der Waals surface area contributed by atoms with Crippen molar-refractivity contribution in [3.8, 4) is 27.8 Å². The third-order valence-electron chi connectivity index (χ3n) is 5.67. The van der Waals surface area contributed by atoms with Crippen molar-refractivity contribution >= 4 is 34.7 Å². The van der Waals surface area contributed by atoms with Crippen molar-refractivity contribution in [2.24, 2.45) is 0 Å². The van der Waals surface area contributed by atoms with Gasteiger partial charge in [-0.2, -0.15) is 0 Å². The minimum atomic E-state index is -0.256. The van der Waals surface area contributed by atoms with E-state index in [1.807, 2.05) is 51.1 Å². The summed E-state index contributed by atoms with van der Waals surface area (Å²) < 4.78 is 19.2. The van der Waals surface area contributed by atoms with Crippen molar-refractivity contribution in [3.63, 3.8) is 0 Å². The van der Waals surface area contributed by atoms with Crippen LogP contribution >= 0.6 is 34.7 Å². The molecular formula is C25H25ClN4O3S2. The molecule has 0 fully saturated rings. The first-order chi connectivity index (χ1) is 16.9. The number of fused-ring (bicyclic) bond motifs is 1. The van der Waals surface area contributed by atoms with E-state index in [-0.39, 0.29) is 12.9 Å². The molecule has 0 N–H and O–H groups in total. The van der Waals surface area contributed by atoms with Gasteiger partial charge in [0.15, 0.2) is 28.6 Å². The van der Waals surface area contributed by atoms with Gasteiger partial charge in [-0.15, -0.1) is 21.5 Å². The first-order valence-corrected chi connectivity index (χ1v) is 13.5. The fourth-order valence-corrected chi connectivity index (χ4v) is 5.84. The van der Waals surface area contributed by atoms with E-state index in [0.29, 0.717) is 5.75 Å². The molecule has 1 atom stereocenters. The van der Waals surface area contributed by atoms with Crippen LogP contribution in [-0.2, 0) is 12.3 Å². The summed E-state index contributed by atoms with van der Waals surface area (Å²) in [6.07, 6.45) is -0.256. The summed E-state index contributed by atoms with van der Waals surface area (Å²) >= 11 is 9.53. The lowest BCUT2D eigenvalue weighted by Gasteiger charge is -2.17. The van der Waals surface area contributed by atoms with Crippen LogP contribution in [0.15, 0.2) is 40.9 Å². The Morgan fingerprint density at radius 1 is 1.14 bits per heavy atom. The van der Waals surface area contributed by atoms with Crippen LogP contribution in [0, 0.1) is 13.8 Å². The molecule has 0 radical (unpaired) electrons. The van der Waals surface area contributed by atoms with Crippen LogP contribution in [0.3, 0.4) is 0 Å². The summed E-state index contributed by atoms with van der Waals surface area (Å²) in [5.74, 6) is 3.80. The molecule has 1 aliphatic rings. The van der Waals surface area contributed by atoms with Gasteiger partial charge < -0.3 is 18.8 Å². The Morgan fingerprint density at radius 3 is 2.69 bits per heavy atom. The second-order valence-corrected chi connectivity index (χ2v) is 10.4. The molecule has 0 saturated heterocycles. The van der Waals surface area contributed by atoms with Gasteiger partial charge in [0.05, 0.1) is 5.69 Å². The van der Waals surface area contributed by atoms with Crippen molar-refractivity contribution in [1.82, 2.24) is 19.7 Å². The molecular weight excluding hydrogens is 504 g/mol. The number of hydrogen-bond acceptors (Lipinski definition) is 8. The topological polar surface area (TPSA) is 71.3 Å². The summed E-state index contributed by atoms with van der Waals surface area (Å²) in [5, 5.41) is 13.5. The van der Waals surface area contributed by atoms with Crippen LogP contribution in [0.1, 0.15) is 42.6 Å². The molecule has 0 spiro atoms. The minimum Gasteiger partial charge on any atom is -0.483 e. The van der Waals surface area contributed by atoms with Crippen LogP contribution in [0.4, 0.5) is 0 Å². The quantitative estimate of drug-likeness (QED) is 0.231. The molecule has 3 heterocycles. The number of nitrogens with zero attached hydrogens (tertiary/aromatic N) is 4. The van der Waals surface area contributed by atoms with Gasteiger partial charge in [0.2, 0.25) is 6.79 Å². The van der Waals surface area contributed by atoms with Gasteiger partial charge in [-0.05, 0) is 69.2 Å². The van der Waals surface area contributed by atoms with E-state index in [4.69, 9.17) is 30.8 Å². The Hall–Kier alpha value is -2.75. The monoisotopic (exact) mass is 528 g/mol. The number of ether oxygens (including phenoxy) is 3. The lowest BCUT2D eigenvalue weighted by atomic mass is 10.1. The molecule has 1 unspecified atom stereocenters. The Balaban J connectivity index is 1.27. The summed E-state index contributed by atoms with van der Waals surface area (Å²) in [5.41, 5.74) is 4.00. The molecule has 5 rings (SSSR count). The Labute approximate surface area is 217 Å². The molecule has 10 heteroatoms. The zero-order valence-electron chi connectivity index (χ0n) is 19.9. The van der Waals surface area contributed by atoms with Crippen molar-refractivity contribution < 1.29 is 14.2 Å². The second-order valence-electron chi connectivity index (χ2n) is 8.22. The maximum Gasteiger partial charge on any atom is 0.231 e. The summed E-state index contributed by atoms with van der Waals surface area (Å²) in [7, 11) is 0. The molecule has 2 aromatic carbocycles. The van der Waals surface area contributed by atoms with Crippen LogP contribution < -0.4 is 14.2 Å². The summed E-state index contributed by atoms with van der Waals surface area (Å²) in [6, 6.07) is 9.81. The first-order valence-electron chi connectivity index (χ1n) is 11.3. The normalized spacial score (nSPS) is 13.3. The Morgan fingerprint density at radius 2 is 1.91 bits per heavy atom. The molecule has 0 aliphatic carbocycles. The van der Waals surface area contributed by atoms with Gasteiger partial charge in [-0.3, -0.25) is 0 Å². The Bertz CT molecular complexity index is 1350. The first kappa shape index (κ1) is 24.0. The summed E-state index contributed by atoms with van der Waals surface area (Å²) in [4.78, 5) is 4.81. The molecule has 35 heavy (non-hydrogen) atoms. The van der Waals surface area contributed by atoms with E-state index in [9.17, 15) is 0 Å². The maximum absolute atomic E-state index is 6.30. The molecule has 4 aromatic rings. The standard InChI is InChI=1S/C25H25ClN4O3S2/c1-5-30-23(16(4)33-19-8-14(2)22(26)15(3)9-19)28-29-25(30)35-12-18-11-34-24(27-18)17-6-7-20-21(10-17)32-13-31-20/h6-11,16H,5,12-13H2,1-4H3. The number of thiazole rings is 1. The molecule has 0 bridgehead atoms. The van der Waals surface area contributed by atoms with Crippen LogP contribution in [0.2, 0.25) is 5.02 Å². The maximum atomic E-state index is 6.30. The predicted octanol–water partition coefficient (Wildman–Crippen LogP) is 6.85. The number of rotatable bonds is 8. The van der Waals surface area contributed by atoms with E-state index in [0.717, 1.165) is 67.2 Å². The number of thioether (sulfide) groups is 1. The van der Waals surface area contributed by atoms with Gasteiger partial charge >= 0.3 is 0 Å². The van der Waals surface area contributed by atoms with Crippen molar-refractivity contribution in [2.75, 3.05) is 6.79 Å². The van der Waals surface area contributed by atoms with Gasteiger partial charge in [-0.25, -0.2) is 4.98 Å². The zero-order chi connectivity index (χ0) is 24.5. The molecule has 0 amide bonds. The van der Waals surface area contributed by atoms with Gasteiger partial charge in [0.25, 0.3) is 0 Å². The van der Waals surface area contributed by atoms with Gasteiger partial charge in [0, 0.05) is 28.3 Å². The predicted molar refractivity (Wildman–Crippen MR) is 139 cm³/mol. The van der Waals surface area contributed by atoms with Gasteiger partial charge in [0.1, 0.15) is 10.8 Å². The lowest BCUT2D eigenvalue weighted by molar-refractivity contribution is 0.174. The molecule has 7 nitrogen and oxygen atoms in total. The third kappa shape index (κ3) is 4.98. The molecule has 182 valence electrons. The zero-order valence-corrected chi connectivity index (χ0v) is 22.3. The summed E-state index contributed by atoms with van der Waals surface area (Å²) in [6.45, 7) is 9.04. The van der Waals surface area contributed by atoms with E-state index in [2.05, 4.69) is 27.1 Å². The number of halogens is 1. The molecule has 1 aliphatic heterocycles. The van der Waals surface area contributed by atoms with Crippen molar-refractivity contribution in [1.29, 1.82) is 0 Å². The number of benzene rings is 2. The van der Waals surface area contributed by atoms with E-state index >= 15 is 0 Å². The third-order valence-corrected chi connectivity index (χ3v) is 8.21. The molecule has 0 saturated carbocycles. The average Bonchev–Trinajstić information content (AvgIpc) is 3.59.